The molecule has 0 spiro atoms. The van der Waals surface area contributed by atoms with Gasteiger partial charge in [0, 0.05) is 12.6 Å². The highest BCUT2D eigenvalue weighted by molar-refractivity contribution is 5.85. The maximum atomic E-state index is 12.6. The molecule has 1 fully saturated rings. The van der Waals surface area contributed by atoms with Gasteiger partial charge in [0.1, 0.15) is 0 Å². The molecule has 0 aromatic rings. The lowest BCUT2D eigenvalue weighted by Crippen LogP contribution is -2.50. The first-order valence-electron chi connectivity index (χ1n) is 7.14. The first-order valence-corrected chi connectivity index (χ1v) is 7.14. The fourth-order valence-electron chi connectivity index (χ4n) is 2.78. The average molecular weight is 269 g/mol. The van der Waals surface area contributed by atoms with Crippen LogP contribution in [0.25, 0.3) is 0 Å². The Morgan fingerprint density at radius 2 is 1.95 bits per heavy atom. The van der Waals surface area contributed by atoms with Crippen LogP contribution in [-0.2, 0) is 9.59 Å². The van der Waals surface area contributed by atoms with Crippen LogP contribution in [0.4, 0.5) is 0 Å². The lowest BCUT2D eigenvalue weighted by Gasteiger charge is -2.35. The van der Waals surface area contributed by atoms with E-state index in [0.717, 1.165) is 19.3 Å². The van der Waals surface area contributed by atoms with Crippen molar-refractivity contribution in [3.8, 4) is 0 Å². The number of primary amides is 1. The molecule has 5 heteroatoms. The van der Waals surface area contributed by atoms with E-state index in [2.05, 4.69) is 6.92 Å². The van der Waals surface area contributed by atoms with Gasteiger partial charge in [0.05, 0.1) is 12.5 Å². The number of hydrogen-bond donors (Lipinski definition) is 2. The minimum Gasteiger partial charge on any atom is -0.368 e. The van der Waals surface area contributed by atoms with Gasteiger partial charge in [0.15, 0.2) is 0 Å². The number of rotatable bonds is 5. The highest BCUT2D eigenvalue weighted by Crippen LogP contribution is 2.29. The molecule has 0 heterocycles. The first-order chi connectivity index (χ1) is 8.81. The van der Waals surface area contributed by atoms with Crippen molar-refractivity contribution in [3.63, 3.8) is 0 Å². The van der Waals surface area contributed by atoms with Gasteiger partial charge in [-0.1, -0.05) is 20.8 Å². The van der Waals surface area contributed by atoms with E-state index in [-0.39, 0.29) is 24.4 Å². The standard InChI is InChI=1S/C14H27N3O2/c1-9(2)7-17(8-13(16)18)14(19)11-6-10(3)4-5-12(11)15/h9-12H,4-8,15H2,1-3H3,(H2,16,18). The first kappa shape index (κ1) is 16.0. The molecule has 110 valence electrons. The molecule has 0 aliphatic heterocycles. The van der Waals surface area contributed by atoms with E-state index in [0.29, 0.717) is 18.4 Å². The topological polar surface area (TPSA) is 89.4 Å². The fourth-order valence-corrected chi connectivity index (χ4v) is 2.78. The Hall–Kier alpha value is -1.10. The molecular weight excluding hydrogens is 242 g/mol. The molecule has 0 aromatic carbocycles. The summed E-state index contributed by atoms with van der Waals surface area (Å²) in [4.78, 5) is 25.3. The van der Waals surface area contributed by atoms with Crippen LogP contribution in [0.15, 0.2) is 0 Å². The number of carbonyl (C=O) groups is 2. The van der Waals surface area contributed by atoms with Crippen LogP contribution < -0.4 is 11.5 Å². The van der Waals surface area contributed by atoms with Gasteiger partial charge in [0.25, 0.3) is 0 Å². The second-order valence-electron chi connectivity index (χ2n) is 6.27. The number of hydrogen-bond acceptors (Lipinski definition) is 3. The molecule has 0 bridgehead atoms. The van der Waals surface area contributed by atoms with E-state index < -0.39 is 5.91 Å². The number of nitrogens with zero attached hydrogens (tertiary/aromatic N) is 1. The monoisotopic (exact) mass is 269 g/mol. The van der Waals surface area contributed by atoms with Crippen LogP contribution in [0.2, 0.25) is 0 Å². The summed E-state index contributed by atoms with van der Waals surface area (Å²) in [6, 6.07) is -0.0914. The second kappa shape index (κ2) is 6.89. The minimum absolute atomic E-state index is 0.00534. The Morgan fingerprint density at radius 1 is 1.32 bits per heavy atom. The van der Waals surface area contributed by atoms with Gasteiger partial charge < -0.3 is 16.4 Å². The Morgan fingerprint density at radius 3 is 2.47 bits per heavy atom. The molecular formula is C14H27N3O2. The van der Waals surface area contributed by atoms with Crippen molar-refractivity contribution in [3.05, 3.63) is 0 Å². The van der Waals surface area contributed by atoms with Crippen molar-refractivity contribution in [1.82, 2.24) is 4.90 Å². The Kier molecular flexibility index (Phi) is 5.79. The lowest BCUT2D eigenvalue weighted by molar-refractivity contribution is -0.141. The van der Waals surface area contributed by atoms with Gasteiger partial charge >= 0.3 is 0 Å². The third-order valence-corrected chi connectivity index (χ3v) is 3.73. The van der Waals surface area contributed by atoms with Gasteiger partial charge in [-0.15, -0.1) is 0 Å². The summed E-state index contributed by atoms with van der Waals surface area (Å²) >= 11 is 0. The number of carbonyl (C=O) groups excluding carboxylic acids is 2. The van der Waals surface area contributed by atoms with Gasteiger partial charge in [-0.25, -0.2) is 0 Å². The van der Waals surface area contributed by atoms with Gasteiger partial charge in [0.2, 0.25) is 11.8 Å². The smallest absolute Gasteiger partial charge is 0.237 e. The van der Waals surface area contributed by atoms with Crippen molar-refractivity contribution in [2.45, 2.75) is 46.1 Å². The summed E-state index contributed by atoms with van der Waals surface area (Å²) in [5.74, 6) is 0.184. The number of nitrogens with two attached hydrogens (primary N) is 2. The highest BCUT2D eigenvalue weighted by Gasteiger charge is 2.34. The minimum atomic E-state index is -0.466. The largest absolute Gasteiger partial charge is 0.368 e. The molecule has 1 aliphatic carbocycles. The molecule has 0 aromatic heterocycles. The predicted molar refractivity (Wildman–Crippen MR) is 75.1 cm³/mol. The normalized spacial score (nSPS) is 27.3. The van der Waals surface area contributed by atoms with Gasteiger partial charge in [-0.2, -0.15) is 0 Å². The average Bonchev–Trinajstić information content (AvgIpc) is 2.29. The predicted octanol–water partition coefficient (Wildman–Crippen LogP) is 0.720. The maximum absolute atomic E-state index is 12.6. The second-order valence-corrected chi connectivity index (χ2v) is 6.27. The van der Waals surface area contributed by atoms with E-state index in [4.69, 9.17) is 11.5 Å². The zero-order valence-corrected chi connectivity index (χ0v) is 12.3. The Balaban J connectivity index is 2.75. The van der Waals surface area contributed by atoms with E-state index in [1.54, 1.807) is 4.90 Å². The number of amides is 2. The van der Waals surface area contributed by atoms with Crippen LogP contribution in [0.5, 0.6) is 0 Å². The molecule has 1 rings (SSSR count). The zero-order chi connectivity index (χ0) is 14.6. The summed E-state index contributed by atoms with van der Waals surface area (Å²) in [7, 11) is 0. The summed E-state index contributed by atoms with van der Waals surface area (Å²) in [5, 5.41) is 0. The van der Waals surface area contributed by atoms with E-state index in [1.807, 2.05) is 13.8 Å². The van der Waals surface area contributed by atoms with Crippen LogP contribution in [0.1, 0.15) is 40.0 Å². The van der Waals surface area contributed by atoms with E-state index >= 15 is 0 Å². The SMILES string of the molecule is CC(C)CN(CC(N)=O)C(=O)C1CC(C)CCC1N. The van der Waals surface area contributed by atoms with Gasteiger partial charge in [-0.3, -0.25) is 9.59 Å². The van der Waals surface area contributed by atoms with Crippen LogP contribution >= 0.6 is 0 Å². The third kappa shape index (κ3) is 4.82. The molecule has 19 heavy (non-hydrogen) atoms. The Labute approximate surface area is 115 Å². The molecule has 1 aliphatic rings. The van der Waals surface area contributed by atoms with Crippen molar-refractivity contribution < 1.29 is 9.59 Å². The molecule has 3 atom stereocenters. The zero-order valence-electron chi connectivity index (χ0n) is 12.3. The summed E-state index contributed by atoms with van der Waals surface area (Å²) in [6.45, 7) is 6.73. The quantitative estimate of drug-likeness (QED) is 0.770. The van der Waals surface area contributed by atoms with E-state index in [9.17, 15) is 9.59 Å². The molecule has 4 N–H and O–H groups in total. The molecule has 1 saturated carbocycles. The summed E-state index contributed by atoms with van der Waals surface area (Å²) in [6.07, 6.45) is 2.77. The highest BCUT2D eigenvalue weighted by atomic mass is 16.2. The van der Waals surface area contributed by atoms with Crippen LogP contribution in [0, 0.1) is 17.8 Å². The van der Waals surface area contributed by atoms with Crippen molar-refractivity contribution in [2.24, 2.45) is 29.2 Å². The van der Waals surface area contributed by atoms with E-state index in [1.165, 1.54) is 0 Å². The third-order valence-electron chi connectivity index (χ3n) is 3.73. The Bertz CT molecular complexity index is 331. The summed E-state index contributed by atoms with van der Waals surface area (Å²) in [5.41, 5.74) is 11.3. The van der Waals surface area contributed by atoms with Crippen molar-refractivity contribution >= 4 is 11.8 Å². The fraction of sp³-hybridized carbons (Fsp3) is 0.857. The van der Waals surface area contributed by atoms with Crippen molar-refractivity contribution in [2.75, 3.05) is 13.1 Å². The van der Waals surface area contributed by atoms with Crippen molar-refractivity contribution in [1.29, 1.82) is 0 Å². The van der Waals surface area contributed by atoms with Gasteiger partial charge in [-0.05, 0) is 31.1 Å². The van der Waals surface area contributed by atoms with Crippen LogP contribution in [0.3, 0.4) is 0 Å². The molecule has 5 nitrogen and oxygen atoms in total. The lowest BCUT2D eigenvalue weighted by atomic mass is 9.78. The molecule has 3 unspecified atom stereocenters. The summed E-state index contributed by atoms with van der Waals surface area (Å²) < 4.78 is 0. The molecule has 2 amide bonds. The van der Waals surface area contributed by atoms with Crippen LogP contribution in [-0.4, -0.2) is 35.8 Å². The molecule has 0 radical (unpaired) electrons. The maximum Gasteiger partial charge on any atom is 0.237 e. The molecule has 0 saturated heterocycles.